The number of likely N-dealkylation sites (tertiary alicyclic amines) is 1. The summed E-state index contributed by atoms with van der Waals surface area (Å²) in [7, 11) is 0. The largest absolute Gasteiger partial charge is 0.352 e. The summed E-state index contributed by atoms with van der Waals surface area (Å²) >= 11 is 6.08. The molecule has 3 aromatic rings. The molecule has 1 fully saturated rings. The lowest BCUT2D eigenvalue weighted by molar-refractivity contribution is 0.0948. The summed E-state index contributed by atoms with van der Waals surface area (Å²) in [6.45, 7) is 7.01. The van der Waals surface area contributed by atoms with E-state index in [4.69, 9.17) is 11.6 Å². The lowest BCUT2D eigenvalue weighted by Gasteiger charge is -2.33. The summed E-state index contributed by atoms with van der Waals surface area (Å²) in [6, 6.07) is 16.4. The highest BCUT2D eigenvalue weighted by Gasteiger charge is 2.20. The summed E-state index contributed by atoms with van der Waals surface area (Å²) in [4.78, 5) is 15.6. The molecule has 1 saturated heterocycles. The number of amides is 1. The molecule has 0 saturated carbocycles. The first-order valence-corrected chi connectivity index (χ1v) is 12.1. The Kier molecular flexibility index (Phi) is 7.51. The van der Waals surface area contributed by atoms with Gasteiger partial charge < -0.3 is 14.8 Å². The minimum Gasteiger partial charge on any atom is -0.352 e. The summed E-state index contributed by atoms with van der Waals surface area (Å²) in [6.07, 6.45) is 4.77. The van der Waals surface area contributed by atoms with Crippen molar-refractivity contribution >= 4 is 17.5 Å². The van der Waals surface area contributed by atoms with Crippen LogP contribution in [0, 0.1) is 12.7 Å². The Bertz CT molecular complexity index is 1090. The summed E-state index contributed by atoms with van der Waals surface area (Å²) < 4.78 is 15.5. The monoisotopic (exact) mass is 467 g/mol. The van der Waals surface area contributed by atoms with Crippen molar-refractivity contribution in [3.63, 3.8) is 0 Å². The molecule has 4 nitrogen and oxygen atoms in total. The molecule has 174 valence electrons. The van der Waals surface area contributed by atoms with Gasteiger partial charge in [0.05, 0.1) is 11.3 Å². The van der Waals surface area contributed by atoms with Gasteiger partial charge in [-0.05, 0) is 87.7 Å². The van der Waals surface area contributed by atoms with E-state index in [9.17, 15) is 9.18 Å². The number of carbonyl (C=O) groups is 1. The van der Waals surface area contributed by atoms with E-state index in [0.29, 0.717) is 23.2 Å². The Hall–Kier alpha value is -2.63. The van der Waals surface area contributed by atoms with E-state index in [2.05, 4.69) is 17.1 Å². The zero-order valence-electron chi connectivity index (χ0n) is 19.3. The van der Waals surface area contributed by atoms with Crippen molar-refractivity contribution in [3.8, 4) is 16.9 Å². The molecule has 1 atom stereocenters. The number of nitrogens with zero attached hydrogens (tertiary/aromatic N) is 2. The maximum atomic E-state index is 13.5. The number of rotatable bonds is 7. The number of halogens is 2. The molecule has 6 heteroatoms. The third-order valence-electron chi connectivity index (χ3n) is 6.56. The Morgan fingerprint density at radius 2 is 1.85 bits per heavy atom. The Morgan fingerprint density at radius 3 is 2.55 bits per heavy atom. The normalized spacial score (nSPS) is 16.7. The number of hydrogen-bond acceptors (Lipinski definition) is 2. The smallest absolute Gasteiger partial charge is 0.253 e. The predicted octanol–water partition coefficient (Wildman–Crippen LogP) is 6.24. The first-order valence-electron chi connectivity index (χ1n) is 11.7. The molecule has 2 heterocycles. The van der Waals surface area contributed by atoms with E-state index in [0.717, 1.165) is 42.1 Å². The molecule has 0 spiro atoms. The number of piperidine rings is 1. The maximum Gasteiger partial charge on any atom is 0.253 e. The van der Waals surface area contributed by atoms with Crippen molar-refractivity contribution in [3.05, 3.63) is 76.7 Å². The van der Waals surface area contributed by atoms with Crippen molar-refractivity contribution in [2.24, 2.45) is 0 Å². The zero-order chi connectivity index (χ0) is 23.4. The van der Waals surface area contributed by atoms with Crippen LogP contribution >= 0.6 is 11.6 Å². The van der Waals surface area contributed by atoms with Gasteiger partial charge in [0.1, 0.15) is 5.82 Å². The molecule has 1 N–H and O–H groups in total. The molecule has 0 bridgehead atoms. The van der Waals surface area contributed by atoms with Gasteiger partial charge in [-0.25, -0.2) is 4.39 Å². The van der Waals surface area contributed by atoms with E-state index in [1.807, 2.05) is 41.8 Å². The van der Waals surface area contributed by atoms with Crippen molar-refractivity contribution in [2.75, 3.05) is 19.6 Å². The summed E-state index contributed by atoms with van der Waals surface area (Å²) in [5, 5.41) is 3.75. The number of nitrogens with one attached hydrogen (secondary N) is 1. The van der Waals surface area contributed by atoms with Crippen molar-refractivity contribution in [1.82, 2.24) is 14.8 Å². The second-order valence-electron chi connectivity index (χ2n) is 8.84. The van der Waals surface area contributed by atoms with E-state index < -0.39 is 0 Å². The third kappa shape index (κ3) is 5.48. The summed E-state index contributed by atoms with van der Waals surface area (Å²) in [5.74, 6) is -0.382. The van der Waals surface area contributed by atoms with Gasteiger partial charge in [-0.3, -0.25) is 4.79 Å². The Morgan fingerprint density at radius 1 is 1.12 bits per heavy atom. The van der Waals surface area contributed by atoms with E-state index in [1.54, 1.807) is 12.1 Å². The van der Waals surface area contributed by atoms with E-state index in [-0.39, 0.29) is 11.7 Å². The van der Waals surface area contributed by atoms with Crippen LogP contribution in [0.4, 0.5) is 4.39 Å². The average Bonchev–Trinajstić information content (AvgIpc) is 3.16. The third-order valence-corrected chi connectivity index (χ3v) is 6.82. The first kappa shape index (κ1) is 23.5. The Balaban J connectivity index is 1.53. The molecule has 1 amide bonds. The van der Waals surface area contributed by atoms with Crippen molar-refractivity contribution < 1.29 is 9.18 Å². The predicted molar refractivity (Wildman–Crippen MR) is 133 cm³/mol. The fraction of sp³-hybridized carbons (Fsp3) is 0.370. The number of aromatic nitrogens is 1. The molecular formula is C27H31ClFN3O. The first-order chi connectivity index (χ1) is 15.9. The molecule has 2 aromatic carbocycles. The SMILES string of the molecule is Cc1c(C(=O)NCCCN2CCCCC2C)cc(-c2ccc(Cl)cc2)n1-c1ccc(F)cc1. The van der Waals surface area contributed by atoms with E-state index >= 15 is 0 Å². The van der Waals surface area contributed by atoms with Crippen LogP contribution in [-0.4, -0.2) is 41.1 Å². The number of benzene rings is 2. The van der Waals surface area contributed by atoms with Gasteiger partial charge in [0.15, 0.2) is 0 Å². The minimum atomic E-state index is -0.294. The highest BCUT2D eigenvalue weighted by molar-refractivity contribution is 6.30. The lowest BCUT2D eigenvalue weighted by Crippen LogP contribution is -2.39. The van der Waals surface area contributed by atoms with Gasteiger partial charge in [0.25, 0.3) is 5.91 Å². The number of hydrogen-bond donors (Lipinski definition) is 1. The van der Waals surface area contributed by atoms with Crippen LogP contribution in [0.3, 0.4) is 0 Å². The van der Waals surface area contributed by atoms with Gasteiger partial charge in [-0.15, -0.1) is 0 Å². The standard InChI is InChI=1S/C27H31ClFN3O/c1-19-6-3-4-16-31(19)17-5-15-30-27(33)25-18-26(21-7-9-22(28)10-8-21)32(20(25)2)24-13-11-23(29)12-14-24/h7-14,18-19H,3-6,15-17H2,1-2H3,(H,30,33). The molecule has 1 aliphatic rings. The molecule has 4 rings (SSSR count). The molecular weight excluding hydrogens is 437 g/mol. The molecule has 1 aliphatic heterocycles. The molecule has 1 unspecified atom stereocenters. The summed E-state index contributed by atoms with van der Waals surface area (Å²) in [5.41, 5.74) is 4.04. The van der Waals surface area contributed by atoms with Gasteiger partial charge in [0, 0.05) is 35.5 Å². The molecule has 1 aromatic heterocycles. The van der Waals surface area contributed by atoms with Crippen LogP contribution in [0.2, 0.25) is 5.02 Å². The quantitative estimate of drug-likeness (QED) is 0.417. The van der Waals surface area contributed by atoms with Crippen molar-refractivity contribution in [1.29, 1.82) is 0 Å². The highest BCUT2D eigenvalue weighted by atomic mass is 35.5. The Labute approximate surface area is 200 Å². The van der Waals surface area contributed by atoms with Gasteiger partial charge in [-0.2, -0.15) is 0 Å². The van der Waals surface area contributed by atoms with Crippen LogP contribution in [0.15, 0.2) is 54.6 Å². The molecule has 0 aliphatic carbocycles. The number of carbonyl (C=O) groups excluding carboxylic acids is 1. The van der Waals surface area contributed by atoms with Crippen LogP contribution in [0.25, 0.3) is 16.9 Å². The topological polar surface area (TPSA) is 37.3 Å². The second kappa shape index (κ2) is 10.5. The fourth-order valence-corrected chi connectivity index (χ4v) is 4.79. The van der Waals surface area contributed by atoms with Crippen LogP contribution in [0.5, 0.6) is 0 Å². The minimum absolute atomic E-state index is 0.0877. The van der Waals surface area contributed by atoms with Crippen molar-refractivity contribution in [2.45, 2.75) is 45.6 Å². The van der Waals surface area contributed by atoms with Gasteiger partial charge in [-0.1, -0.05) is 30.2 Å². The van der Waals surface area contributed by atoms with Gasteiger partial charge in [0.2, 0.25) is 0 Å². The van der Waals surface area contributed by atoms with Crippen LogP contribution in [-0.2, 0) is 0 Å². The maximum absolute atomic E-state index is 13.5. The van der Waals surface area contributed by atoms with E-state index in [1.165, 1.54) is 31.4 Å². The fourth-order valence-electron chi connectivity index (χ4n) is 4.66. The zero-order valence-corrected chi connectivity index (χ0v) is 20.0. The van der Waals surface area contributed by atoms with Gasteiger partial charge >= 0.3 is 0 Å². The molecule has 0 radical (unpaired) electrons. The second-order valence-corrected chi connectivity index (χ2v) is 9.27. The lowest BCUT2D eigenvalue weighted by atomic mass is 10.0. The average molecular weight is 468 g/mol. The van der Waals surface area contributed by atoms with Crippen LogP contribution < -0.4 is 5.32 Å². The van der Waals surface area contributed by atoms with Crippen LogP contribution in [0.1, 0.15) is 48.7 Å². The molecule has 33 heavy (non-hydrogen) atoms. The highest BCUT2D eigenvalue weighted by Crippen LogP contribution is 2.30.